The van der Waals surface area contributed by atoms with E-state index in [-0.39, 0.29) is 77.0 Å². The third-order valence-corrected chi connectivity index (χ3v) is 9.12. The van der Waals surface area contributed by atoms with Crippen LogP contribution in [0, 0.1) is 23.8 Å². The molecule has 0 amide bonds. The Labute approximate surface area is 391 Å². The molecule has 1 N–H and O–H groups in total. The molecule has 1 aliphatic rings. The van der Waals surface area contributed by atoms with Crippen molar-refractivity contribution in [3.05, 3.63) is 205 Å². The molecule has 4 aromatic carbocycles. The van der Waals surface area contributed by atoms with Crippen molar-refractivity contribution in [1.82, 2.24) is 34.7 Å². The van der Waals surface area contributed by atoms with E-state index in [9.17, 15) is 13.6 Å². The zero-order valence-corrected chi connectivity index (χ0v) is 39.5. The van der Waals surface area contributed by atoms with Gasteiger partial charge < -0.3 is 20.1 Å². The van der Waals surface area contributed by atoms with E-state index in [1.807, 2.05) is 71.7 Å². The number of fused-ring (bicyclic) bond motifs is 4. The zero-order valence-electron chi connectivity index (χ0n) is 32.3. The second-order valence-corrected chi connectivity index (χ2v) is 13.3. The Kier molecular flexibility index (Phi) is 17.5. The Bertz CT molecular complexity index is 2740. The Balaban J connectivity index is 0.000000182. The van der Waals surface area contributed by atoms with E-state index >= 15 is 0 Å². The number of carboxylic acid groups (broad SMARTS) is 1. The predicted molar refractivity (Wildman–Crippen MR) is 218 cm³/mol. The van der Waals surface area contributed by atoms with Gasteiger partial charge in [0, 0.05) is 103 Å². The van der Waals surface area contributed by atoms with Crippen LogP contribution in [0.4, 0.5) is 8.78 Å². The Morgan fingerprint density at radius 1 is 0.721 bits per heavy atom. The van der Waals surface area contributed by atoms with Gasteiger partial charge in [-0.2, -0.15) is 23.3 Å². The van der Waals surface area contributed by atoms with Crippen molar-refractivity contribution < 1.29 is 79.0 Å². The molecular weight excluding hydrogens is 1310 g/mol. The molecule has 313 valence electrons. The largest absolute Gasteiger partial charge is 0.477 e. The summed E-state index contributed by atoms with van der Waals surface area (Å²) in [6.07, 6.45) is 8.53. The van der Waals surface area contributed by atoms with Gasteiger partial charge in [0.2, 0.25) is 0 Å². The minimum absolute atomic E-state index is 0. The average Bonchev–Trinajstić information content (AvgIpc) is 4.01. The number of nitrogens with zero attached hydrogens (tertiary/aromatic N) is 7. The Hall–Kier alpha value is -5.71. The van der Waals surface area contributed by atoms with Crippen LogP contribution in [0.1, 0.15) is 35.5 Å². The predicted octanol–water partition coefficient (Wildman–Crippen LogP) is 9.83. The quantitative estimate of drug-likeness (QED) is 0.173. The molecule has 3 radical (unpaired) electrons. The van der Waals surface area contributed by atoms with E-state index in [0.717, 1.165) is 34.5 Å². The van der Waals surface area contributed by atoms with Gasteiger partial charge in [-0.15, -0.1) is 23.3 Å². The molecule has 0 saturated heterocycles. The number of hydrogen-bond donors (Lipinski definition) is 1. The third kappa shape index (κ3) is 11.4. The summed E-state index contributed by atoms with van der Waals surface area (Å²) in [5, 5.41) is 12.7. The van der Waals surface area contributed by atoms with E-state index in [2.05, 4.69) is 86.3 Å². The fourth-order valence-corrected chi connectivity index (χ4v) is 6.48. The summed E-state index contributed by atoms with van der Waals surface area (Å²) in [6, 6.07) is 45.9. The van der Waals surface area contributed by atoms with Crippen LogP contribution >= 0.6 is 0 Å². The summed E-state index contributed by atoms with van der Waals surface area (Å²) in [7, 11) is 0. The van der Waals surface area contributed by atoms with Crippen LogP contribution in [0.25, 0.3) is 50.6 Å². The maximum atomic E-state index is 13.2. The number of aromatic nitrogens is 7. The van der Waals surface area contributed by atoms with Gasteiger partial charge in [-0.1, -0.05) is 98.3 Å². The van der Waals surface area contributed by atoms with Crippen LogP contribution in [0.15, 0.2) is 164 Å². The number of benzene rings is 4. The Morgan fingerprint density at radius 3 is 1.98 bits per heavy atom. The molecule has 0 bridgehead atoms. The first-order valence-corrected chi connectivity index (χ1v) is 18.1. The first-order valence-electron chi connectivity index (χ1n) is 18.1. The standard InChI is InChI=1S/C18H15N2.C12H8N3.C11H6F2N.C6H5NO2.3Ir/c1-18(2)15-9-4-3-7-13(15)14-8-5-10-16(17(14)18)20-12-6-11-19-20;1-2-6-10-9(5-1)14-12(15-10)11-7-3-4-8-13-11;12-8-4-5-9(10(13)7-8)11-3-1-2-6-14-11;8-6(9)5-3-1-2-4-7-5;;;/h3-9,11-12H,1-2H3;1-8H;1-4,6-7H;1-4H,(H,8,9);;;/q3*-1;;;;. The number of rotatable bonds is 4. The number of carboxylic acids is 1. The van der Waals surface area contributed by atoms with Crippen molar-refractivity contribution in [2.75, 3.05) is 0 Å². The summed E-state index contributed by atoms with van der Waals surface area (Å²) in [6.45, 7) is 4.55. The molecule has 9 aromatic rings. The van der Waals surface area contributed by atoms with E-state index < -0.39 is 17.6 Å². The Morgan fingerprint density at radius 2 is 1.38 bits per heavy atom. The molecule has 61 heavy (non-hydrogen) atoms. The molecule has 5 aromatic heterocycles. The summed E-state index contributed by atoms with van der Waals surface area (Å²) < 4.78 is 27.7. The minimum atomic E-state index is -0.990. The monoisotopic (exact) mass is 1350 g/mol. The second-order valence-electron chi connectivity index (χ2n) is 13.3. The summed E-state index contributed by atoms with van der Waals surface area (Å²) >= 11 is 0. The van der Waals surface area contributed by atoms with Crippen molar-refractivity contribution in [2.24, 2.45) is 0 Å². The number of halogens is 2. The summed E-state index contributed by atoms with van der Waals surface area (Å²) in [5.41, 5.74) is 9.70. The fourth-order valence-electron chi connectivity index (χ4n) is 6.48. The van der Waals surface area contributed by atoms with Crippen molar-refractivity contribution in [2.45, 2.75) is 19.3 Å². The molecule has 0 atom stereocenters. The van der Waals surface area contributed by atoms with Crippen LogP contribution < -0.4 is 4.98 Å². The molecule has 5 heterocycles. The van der Waals surface area contributed by atoms with E-state index in [4.69, 9.17) is 5.11 Å². The maximum Gasteiger partial charge on any atom is 0.354 e. The van der Waals surface area contributed by atoms with Gasteiger partial charge in [-0.05, 0) is 81.2 Å². The minimum Gasteiger partial charge on any atom is -0.477 e. The van der Waals surface area contributed by atoms with Crippen LogP contribution in [0.2, 0.25) is 0 Å². The number of aromatic carboxylic acids is 1. The van der Waals surface area contributed by atoms with Crippen molar-refractivity contribution in [3.8, 4) is 39.6 Å². The molecular formula is C47H34F2Ir3N7O2-3. The summed E-state index contributed by atoms with van der Waals surface area (Å²) in [4.78, 5) is 30.7. The topological polar surface area (TPSA) is 121 Å². The van der Waals surface area contributed by atoms with E-state index in [1.165, 1.54) is 34.5 Å². The molecule has 9 nitrogen and oxygen atoms in total. The molecule has 0 unspecified atom stereocenters. The van der Waals surface area contributed by atoms with Crippen molar-refractivity contribution in [3.63, 3.8) is 0 Å². The van der Waals surface area contributed by atoms with Crippen LogP contribution in [0.5, 0.6) is 0 Å². The van der Waals surface area contributed by atoms with Gasteiger partial charge in [-0.3, -0.25) is 18.4 Å². The number of para-hydroxylation sites is 2. The normalized spacial score (nSPS) is 11.1. The number of hydrogen-bond acceptors (Lipinski definition) is 6. The first-order chi connectivity index (χ1) is 28.2. The van der Waals surface area contributed by atoms with E-state index in [0.29, 0.717) is 11.5 Å². The molecule has 14 heteroatoms. The van der Waals surface area contributed by atoms with Gasteiger partial charge in [0.25, 0.3) is 0 Å². The number of carbonyl (C=O) groups is 1. The number of pyridine rings is 3. The smallest absolute Gasteiger partial charge is 0.354 e. The summed E-state index contributed by atoms with van der Waals surface area (Å²) in [5.74, 6) is -1.58. The average molecular weight is 1340 g/mol. The van der Waals surface area contributed by atoms with Crippen molar-refractivity contribution in [1.29, 1.82) is 0 Å². The molecule has 10 rings (SSSR count). The first kappa shape index (κ1) is 48.0. The van der Waals surface area contributed by atoms with Gasteiger partial charge in [0.15, 0.2) is 0 Å². The van der Waals surface area contributed by atoms with Gasteiger partial charge in [-0.25, -0.2) is 9.78 Å². The van der Waals surface area contributed by atoms with Crippen LogP contribution in [-0.2, 0) is 65.7 Å². The molecule has 0 fully saturated rings. The molecule has 0 aliphatic heterocycles. The van der Waals surface area contributed by atoms with Crippen LogP contribution in [-0.4, -0.2) is 40.8 Å². The molecule has 0 spiro atoms. The second kappa shape index (κ2) is 22.2. The van der Waals surface area contributed by atoms with Gasteiger partial charge >= 0.3 is 5.97 Å². The fraction of sp³-hybridized carbons (Fsp3) is 0.0638. The molecule has 0 saturated carbocycles. The zero-order chi connectivity index (χ0) is 40.5. The maximum absolute atomic E-state index is 13.2. The van der Waals surface area contributed by atoms with E-state index in [1.54, 1.807) is 42.7 Å². The number of imidazole rings is 1. The van der Waals surface area contributed by atoms with Crippen molar-refractivity contribution >= 4 is 17.0 Å². The van der Waals surface area contributed by atoms with Gasteiger partial charge in [0.1, 0.15) is 5.69 Å². The van der Waals surface area contributed by atoms with Gasteiger partial charge in [0.05, 0.1) is 5.69 Å². The van der Waals surface area contributed by atoms with Crippen LogP contribution in [0.3, 0.4) is 0 Å². The molecule has 1 aliphatic carbocycles. The third-order valence-electron chi connectivity index (χ3n) is 9.12. The SMILES string of the molecule is CC1(C)c2ccccc2-c2cc[c-]c(-n3cccn3)c21.Fc1c[c-]c(-c2ccccn2)c(F)c1.O=C(O)c1ccccn1.[Ir].[Ir].[Ir].c1ccc(-c2nc3ccccc3[n-]2)nc1.